The summed E-state index contributed by atoms with van der Waals surface area (Å²) in [6.07, 6.45) is 0. The fraction of sp³-hybridized carbons (Fsp3) is 0. The Morgan fingerprint density at radius 3 is 1.66 bits per heavy atom. The van der Waals surface area contributed by atoms with Gasteiger partial charge < -0.3 is 13.9 Å². The Balaban J connectivity index is 0.969. The molecule has 304 valence electrons. The minimum absolute atomic E-state index is 0.901. The molecular weight excluding hydrogens is 789 g/mol. The van der Waals surface area contributed by atoms with E-state index in [9.17, 15) is 0 Å². The summed E-state index contributed by atoms with van der Waals surface area (Å²) in [6, 6.07) is 87.8. The van der Waals surface area contributed by atoms with Crippen molar-refractivity contribution in [3.8, 4) is 39.1 Å². The van der Waals surface area contributed by atoms with Crippen LogP contribution in [0.25, 0.3) is 104 Å². The predicted molar refractivity (Wildman–Crippen MR) is 274 cm³/mol. The van der Waals surface area contributed by atoms with Crippen molar-refractivity contribution in [1.82, 2.24) is 4.57 Å². The van der Waals surface area contributed by atoms with Crippen molar-refractivity contribution < 1.29 is 4.42 Å². The lowest BCUT2D eigenvalue weighted by Crippen LogP contribution is -2.10. The summed E-state index contributed by atoms with van der Waals surface area (Å²) < 4.78 is 8.91. The van der Waals surface area contributed by atoms with E-state index in [2.05, 4.69) is 240 Å². The van der Waals surface area contributed by atoms with Gasteiger partial charge in [0.25, 0.3) is 0 Å². The molecule has 2 aromatic heterocycles. The van der Waals surface area contributed by atoms with Gasteiger partial charge in [-0.05, 0) is 104 Å². The predicted octanol–water partition coefficient (Wildman–Crippen LogP) is 17.5. The van der Waals surface area contributed by atoms with Gasteiger partial charge in [-0.1, -0.05) is 182 Å². The standard InChI is InChI=1S/C62H40N2O/c1-2-18-48-41(15-1)31-32-43-35-38-47(40-57(43)48)63(45-36-33-42(34-37-45)50-25-14-26-56-55-24-8-12-30-61(55)65-62(50)56)46-17-13-16-44(39-46)49-19-3-4-20-51(49)52-21-5-9-27-58(52)64-59-28-10-6-22-53(59)54-23-7-11-29-60(54)64/h1-40H. The first kappa shape index (κ1) is 36.9. The number of anilines is 3. The molecule has 0 fully saturated rings. The van der Waals surface area contributed by atoms with Gasteiger partial charge in [-0.2, -0.15) is 0 Å². The monoisotopic (exact) mass is 828 g/mol. The van der Waals surface area contributed by atoms with Gasteiger partial charge in [-0.3, -0.25) is 0 Å². The highest BCUT2D eigenvalue weighted by Gasteiger charge is 2.20. The highest BCUT2D eigenvalue weighted by Crippen LogP contribution is 2.44. The minimum Gasteiger partial charge on any atom is -0.455 e. The van der Waals surface area contributed by atoms with Crippen LogP contribution in [0.3, 0.4) is 0 Å². The first-order valence-corrected chi connectivity index (χ1v) is 22.2. The van der Waals surface area contributed by atoms with Crippen molar-refractivity contribution in [2.75, 3.05) is 4.90 Å². The van der Waals surface area contributed by atoms with Gasteiger partial charge in [-0.25, -0.2) is 0 Å². The van der Waals surface area contributed by atoms with Gasteiger partial charge in [0.05, 0.1) is 16.7 Å². The molecule has 0 aliphatic heterocycles. The van der Waals surface area contributed by atoms with E-state index in [-0.39, 0.29) is 0 Å². The summed E-state index contributed by atoms with van der Waals surface area (Å²) >= 11 is 0. The van der Waals surface area contributed by atoms with Crippen molar-refractivity contribution in [1.29, 1.82) is 0 Å². The summed E-state index contributed by atoms with van der Waals surface area (Å²) in [7, 11) is 0. The molecule has 0 saturated heterocycles. The largest absolute Gasteiger partial charge is 0.455 e. The maximum Gasteiger partial charge on any atom is 0.143 e. The Kier molecular flexibility index (Phi) is 8.53. The molecule has 0 aliphatic carbocycles. The van der Waals surface area contributed by atoms with Crippen LogP contribution in [-0.2, 0) is 0 Å². The molecule has 2 heterocycles. The molecule has 3 nitrogen and oxygen atoms in total. The number of rotatable bonds is 7. The van der Waals surface area contributed by atoms with E-state index in [4.69, 9.17) is 4.42 Å². The average molecular weight is 829 g/mol. The number of hydrogen-bond donors (Lipinski definition) is 0. The Labute approximate surface area is 376 Å². The fourth-order valence-corrected chi connectivity index (χ4v) is 10.2. The minimum atomic E-state index is 0.901. The third-order valence-electron chi connectivity index (χ3n) is 13.2. The van der Waals surface area contributed by atoms with Crippen molar-refractivity contribution >= 4 is 82.4 Å². The van der Waals surface area contributed by atoms with Crippen LogP contribution in [0.15, 0.2) is 247 Å². The van der Waals surface area contributed by atoms with Crippen molar-refractivity contribution in [3.63, 3.8) is 0 Å². The van der Waals surface area contributed by atoms with Crippen LogP contribution < -0.4 is 4.90 Å². The second kappa shape index (κ2) is 15.0. The Morgan fingerprint density at radius 1 is 0.308 bits per heavy atom. The number of benzene rings is 11. The van der Waals surface area contributed by atoms with Crippen LogP contribution in [0.4, 0.5) is 17.1 Å². The van der Waals surface area contributed by atoms with Crippen molar-refractivity contribution in [2.45, 2.75) is 0 Å². The molecule has 0 atom stereocenters. The molecule has 11 aromatic carbocycles. The zero-order chi connectivity index (χ0) is 42.8. The van der Waals surface area contributed by atoms with Crippen LogP contribution in [0, 0.1) is 0 Å². The molecule has 0 aliphatic rings. The highest BCUT2D eigenvalue weighted by molar-refractivity contribution is 6.12. The van der Waals surface area contributed by atoms with Crippen molar-refractivity contribution in [3.05, 3.63) is 243 Å². The van der Waals surface area contributed by atoms with E-state index in [1.54, 1.807) is 0 Å². The molecular formula is C62H40N2O. The molecule has 0 spiro atoms. The van der Waals surface area contributed by atoms with Gasteiger partial charge in [0.15, 0.2) is 0 Å². The molecule has 3 heteroatoms. The number of fused-ring (bicyclic) bond motifs is 9. The topological polar surface area (TPSA) is 21.3 Å². The molecule has 0 saturated carbocycles. The van der Waals surface area contributed by atoms with E-state index in [1.165, 1.54) is 60.0 Å². The zero-order valence-corrected chi connectivity index (χ0v) is 35.4. The van der Waals surface area contributed by atoms with Gasteiger partial charge >= 0.3 is 0 Å². The Hall–Kier alpha value is -8.66. The van der Waals surface area contributed by atoms with E-state index >= 15 is 0 Å². The van der Waals surface area contributed by atoms with Gasteiger partial charge in [0.2, 0.25) is 0 Å². The van der Waals surface area contributed by atoms with E-state index < -0.39 is 0 Å². The lowest BCUT2D eigenvalue weighted by atomic mass is 9.93. The first-order chi connectivity index (χ1) is 32.2. The normalized spacial score (nSPS) is 11.7. The van der Waals surface area contributed by atoms with E-state index in [0.29, 0.717) is 0 Å². The van der Waals surface area contributed by atoms with Crippen LogP contribution in [0.1, 0.15) is 0 Å². The molecule has 65 heavy (non-hydrogen) atoms. The van der Waals surface area contributed by atoms with Crippen LogP contribution >= 0.6 is 0 Å². The number of hydrogen-bond acceptors (Lipinski definition) is 2. The summed E-state index contributed by atoms with van der Waals surface area (Å²) in [6.45, 7) is 0. The Bertz CT molecular complexity index is 3910. The maximum absolute atomic E-state index is 6.48. The lowest BCUT2D eigenvalue weighted by molar-refractivity contribution is 0.670. The first-order valence-electron chi connectivity index (χ1n) is 22.2. The third-order valence-corrected chi connectivity index (χ3v) is 13.2. The van der Waals surface area contributed by atoms with Gasteiger partial charge in [0.1, 0.15) is 11.2 Å². The third kappa shape index (κ3) is 6.05. The van der Waals surface area contributed by atoms with Crippen LogP contribution in [0.5, 0.6) is 0 Å². The summed E-state index contributed by atoms with van der Waals surface area (Å²) in [5.74, 6) is 0. The number of para-hydroxylation sites is 5. The molecule has 0 N–H and O–H groups in total. The fourth-order valence-electron chi connectivity index (χ4n) is 10.2. The summed E-state index contributed by atoms with van der Waals surface area (Å²) in [4.78, 5) is 2.39. The zero-order valence-electron chi connectivity index (χ0n) is 35.4. The number of furan rings is 1. The smallest absolute Gasteiger partial charge is 0.143 e. The van der Waals surface area contributed by atoms with E-state index in [1.807, 2.05) is 12.1 Å². The maximum atomic E-state index is 6.48. The highest BCUT2D eigenvalue weighted by atomic mass is 16.3. The quantitative estimate of drug-likeness (QED) is 0.149. The summed E-state index contributed by atoms with van der Waals surface area (Å²) in [5.41, 5.74) is 15.4. The lowest BCUT2D eigenvalue weighted by Gasteiger charge is -2.27. The van der Waals surface area contributed by atoms with Crippen molar-refractivity contribution in [2.24, 2.45) is 0 Å². The van der Waals surface area contributed by atoms with Gasteiger partial charge in [0, 0.05) is 49.7 Å². The average Bonchev–Trinajstić information content (AvgIpc) is 3.93. The molecule has 13 aromatic rings. The molecule has 0 amide bonds. The summed E-state index contributed by atoms with van der Waals surface area (Å²) in [5, 5.41) is 9.67. The van der Waals surface area contributed by atoms with Crippen LogP contribution in [-0.4, -0.2) is 4.57 Å². The number of aromatic nitrogens is 1. The Morgan fingerprint density at radius 2 is 0.862 bits per heavy atom. The second-order valence-electron chi connectivity index (χ2n) is 16.8. The SMILES string of the molecule is c1cc(-c2ccccc2-c2ccccc2-n2c3ccccc3c3ccccc32)cc(N(c2ccc(-c3cccc4c3oc3ccccc34)cc2)c2ccc3ccc4ccccc4c3c2)c1. The number of nitrogens with zero attached hydrogens (tertiary/aromatic N) is 2. The van der Waals surface area contributed by atoms with E-state index in [0.717, 1.165) is 61.4 Å². The molecule has 0 bridgehead atoms. The molecule has 13 rings (SSSR count). The molecule has 0 unspecified atom stereocenters. The molecule has 0 radical (unpaired) electrons. The van der Waals surface area contributed by atoms with Gasteiger partial charge in [-0.15, -0.1) is 0 Å². The second-order valence-corrected chi connectivity index (χ2v) is 16.8. The van der Waals surface area contributed by atoms with Crippen LogP contribution in [0.2, 0.25) is 0 Å².